The molecule has 0 aliphatic rings. The molecule has 0 aromatic carbocycles. The van der Waals surface area contributed by atoms with Gasteiger partial charge in [-0.1, -0.05) is 13.5 Å². The molecule has 0 atom stereocenters. The van der Waals surface area contributed by atoms with Gasteiger partial charge in [0.15, 0.2) is 0 Å². The van der Waals surface area contributed by atoms with E-state index in [1.807, 2.05) is 6.07 Å². The van der Waals surface area contributed by atoms with Crippen LogP contribution in [0.3, 0.4) is 0 Å². The standard InChI is InChI=1S/C15H23N7/c1-4-11(2)17-7-5-8-18-15-19-9-6-13(21-15)12-10-20-22(3)14(12)16/h6,9-10,17H,2,4-5,7-8,16H2,1,3H3,(H,18,19,21). The van der Waals surface area contributed by atoms with Gasteiger partial charge in [0.1, 0.15) is 5.82 Å². The van der Waals surface area contributed by atoms with Crippen LogP contribution in [0.15, 0.2) is 30.7 Å². The van der Waals surface area contributed by atoms with Crippen LogP contribution >= 0.6 is 0 Å². The van der Waals surface area contributed by atoms with Crippen LogP contribution in [0, 0.1) is 0 Å². The number of hydrogen-bond donors (Lipinski definition) is 3. The number of hydrogen-bond acceptors (Lipinski definition) is 6. The van der Waals surface area contributed by atoms with Crippen LogP contribution in [0.1, 0.15) is 19.8 Å². The maximum atomic E-state index is 5.97. The van der Waals surface area contributed by atoms with E-state index < -0.39 is 0 Å². The predicted molar refractivity (Wildman–Crippen MR) is 89.2 cm³/mol. The molecule has 0 saturated heterocycles. The Balaban J connectivity index is 1.89. The average molecular weight is 301 g/mol. The fourth-order valence-electron chi connectivity index (χ4n) is 1.92. The molecule has 7 heteroatoms. The maximum Gasteiger partial charge on any atom is 0.223 e. The number of nitrogens with two attached hydrogens (primary N) is 1. The first-order valence-corrected chi connectivity index (χ1v) is 7.38. The normalized spacial score (nSPS) is 10.5. The van der Waals surface area contributed by atoms with Gasteiger partial charge in [-0.2, -0.15) is 5.10 Å². The molecule has 0 aliphatic carbocycles. The van der Waals surface area contributed by atoms with Crippen molar-refractivity contribution < 1.29 is 0 Å². The highest BCUT2D eigenvalue weighted by Gasteiger charge is 2.09. The highest BCUT2D eigenvalue weighted by atomic mass is 15.3. The number of nitrogens with zero attached hydrogens (tertiary/aromatic N) is 4. The summed E-state index contributed by atoms with van der Waals surface area (Å²) >= 11 is 0. The van der Waals surface area contributed by atoms with E-state index in [1.165, 1.54) is 0 Å². The van der Waals surface area contributed by atoms with E-state index in [0.29, 0.717) is 11.8 Å². The molecule has 0 amide bonds. The summed E-state index contributed by atoms with van der Waals surface area (Å²) < 4.78 is 1.62. The molecular weight excluding hydrogens is 278 g/mol. The van der Waals surface area contributed by atoms with E-state index in [2.05, 4.69) is 39.2 Å². The lowest BCUT2D eigenvalue weighted by Gasteiger charge is -2.08. The number of aromatic nitrogens is 4. The minimum Gasteiger partial charge on any atom is -0.389 e. The minimum atomic E-state index is 0.590. The fraction of sp³-hybridized carbons (Fsp3) is 0.400. The van der Waals surface area contributed by atoms with Crippen molar-refractivity contribution >= 4 is 11.8 Å². The van der Waals surface area contributed by atoms with E-state index in [9.17, 15) is 0 Å². The van der Waals surface area contributed by atoms with Crippen molar-refractivity contribution in [1.29, 1.82) is 0 Å². The molecule has 2 rings (SSSR count). The summed E-state index contributed by atoms with van der Waals surface area (Å²) in [6.45, 7) is 7.66. The van der Waals surface area contributed by atoms with E-state index in [0.717, 1.165) is 42.9 Å². The first-order chi connectivity index (χ1) is 10.6. The number of aryl methyl sites for hydroxylation is 1. The van der Waals surface area contributed by atoms with Crippen LogP contribution in [0.2, 0.25) is 0 Å². The largest absolute Gasteiger partial charge is 0.389 e. The Bertz CT molecular complexity index is 633. The third-order valence-electron chi connectivity index (χ3n) is 3.35. The molecule has 22 heavy (non-hydrogen) atoms. The SMILES string of the molecule is C=C(CC)NCCCNc1nccc(-c2cnn(C)c2N)n1. The molecule has 7 nitrogen and oxygen atoms in total. The molecule has 0 bridgehead atoms. The average Bonchev–Trinajstić information content (AvgIpc) is 2.86. The Morgan fingerprint density at radius 2 is 2.23 bits per heavy atom. The zero-order chi connectivity index (χ0) is 15.9. The summed E-state index contributed by atoms with van der Waals surface area (Å²) in [6.07, 6.45) is 5.34. The van der Waals surface area contributed by atoms with Gasteiger partial charge < -0.3 is 16.4 Å². The molecule has 0 aliphatic heterocycles. The van der Waals surface area contributed by atoms with Crippen molar-refractivity contribution in [2.24, 2.45) is 7.05 Å². The highest BCUT2D eigenvalue weighted by Crippen LogP contribution is 2.23. The van der Waals surface area contributed by atoms with Crippen molar-refractivity contribution in [2.75, 3.05) is 24.1 Å². The Morgan fingerprint density at radius 1 is 1.41 bits per heavy atom. The zero-order valence-corrected chi connectivity index (χ0v) is 13.1. The monoisotopic (exact) mass is 301 g/mol. The van der Waals surface area contributed by atoms with Gasteiger partial charge in [0.25, 0.3) is 0 Å². The van der Waals surface area contributed by atoms with Gasteiger partial charge in [-0.15, -0.1) is 0 Å². The molecule has 118 valence electrons. The first-order valence-electron chi connectivity index (χ1n) is 7.38. The summed E-state index contributed by atoms with van der Waals surface area (Å²) in [7, 11) is 1.80. The molecule has 0 unspecified atom stereocenters. The Hall–Kier alpha value is -2.57. The van der Waals surface area contributed by atoms with Crippen LogP contribution in [-0.2, 0) is 7.05 Å². The Morgan fingerprint density at radius 3 is 2.91 bits per heavy atom. The van der Waals surface area contributed by atoms with E-state index in [1.54, 1.807) is 24.1 Å². The van der Waals surface area contributed by atoms with Crippen LogP contribution in [0.5, 0.6) is 0 Å². The van der Waals surface area contributed by atoms with E-state index in [4.69, 9.17) is 5.73 Å². The molecular formula is C15H23N7. The number of rotatable bonds is 8. The Labute approximate surface area is 130 Å². The number of nitrogen functional groups attached to an aromatic ring is 1. The first kappa shape index (κ1) is 15.8. The lowest BCUT2D eigenvalue weighted by Crippen LogP contribution is -2.17. The van der Waals surface area contributed by atoms with Crippen LogP contribution < -0.4 is 16.4 Å². The molecule has 0 saturated carbocycles. The van der Waals surface area contributed by atoms with E-state index >= 15 is 0 Å². The number of nitrogens with one attached hydrogen (secondary N) is 2. The van der Waals surface area contributed by atoms with Gasteiger partial charge in [0, 0.05) is 32.0 Å². The lowest BCUT2D eigenvalue weighted by atomic mass is 10.2. The summed E-state index contributed by atoms with van der Waals surface area (Å²) in [5.74, 6) is 1.18. The predicted octanol–water partition coefficient (Wildman–Crippen LogP) is 1.77. The van der Waals surface area contributed by atoms with Gasteiger partial charge in [-0.25, -0.2) is 9.97 Å². The summed E-state index contributed by atoms with van der Waals surface area (Å²) in [5, 5.41) is 10.6. The van der Waals surface area contributed by atoms with E-state index in [-0.39, 0.29) is 0 Å². The summed E-state index contributed by atoms with van der Waals surface area (Å²) in [5.41, 5.74) is 8.61. The summed E-state index contributed by atoms with van der Waals surface area (Å²) in [6, 6.07) is 1.82. The van der Waals surface area contributed by atoms with Crippen molar-refractivity contribution in [3.05, 3.63) is 30.7 Å². The topological polar surface area (TPSA) is 93.7 Å². The van der Waals surface area contributed by atoms with Gasteiger partial charge in [0.05, 0.1) is 17.5 Å². The van der Waals surface area contributed by atoms with Gasteiger partial charge >= 0.3 is 0 Å². The molecule has 2 aromatic heterocycles. The second-order valence-electron chi connectivity index (χ2n) is 5.00. The van der Waals surface area contributed by atoms with Gasteiger partial charge in [-0.05, 0) is 18.9 Å². The summed E-state index contributed by atoms with van der Waals surface area (Å²) in [4.78, 5) is 8.69. The van der Waals surface area contributed by atoms with Crippen molar-refractivity contribution in [1.82, 2.24) is 25.1 Å². The number of anilines is 2. The second-order valence-corrected chi connectivity index (χ2v) is 5.00. The molecule has 0 fully saturated rings. The molecule has 0 spiro atoms. The van der Waals surface area contributed by atoms with Crippen LogP contribution in [0.25, 0.3) is 11.3 Å². The highest BCUT2D eigenvalue weighted by molar-refractivity contribution is 5.70. The molecule has 2 heterocycles. The van der Waals surface area contributed by atoms with Gasteiger partial charge in [0.2, 0.25) is 5.95 Å². The molecule has 4 N–H and O–H groups in total. The zero-order valence-electron chi connectivity index (χ0n) is 13.1. The van der Waals surface area contributed by atoms with Crippen LogP contribution in [0.4, 0.5) is 11.8 Å². The third-order valence-corrected chi connectivity index (χ3v) is 3.35. The number of allylic oxidation sites excluding steroid dienone is 1. The maximum absolute atomic E-state index is 5.97. The lowest BCUT2D eigenvalue weighted by molar-refractivity contribution is 0.725. The minimum absolute atomic E-state index is 0.590. The van der Waals surface area contributed by atoms with Crippen LogP contribution in [-0.4, -0.2) is 32.8 Å². The van der Waals surface area contributed by atoms with Gasteiger partial charge in [-0.3, -0.25) is 4.68 Å². The van der Waals surface area contributed by atoms with Crippen molar-refractivity contribution in [2.45, 2.75) is 19.8 Å². The second kappa shape index (κ2) is 7.44. The Kier molecular flexibility index (Phi) is 5.35. The quantitative estimate of drug-likeness (QED) is 0.643. The molecule has 2 aromatic rings. The van der Waals surface area contributed by atoms with Crippen molar-refractivity contribution in [3.8, 4) is 11.3 Å². The fourth-order valence-corrected chi connectivity index (χ4v) is 1.92. The van der Waals surface area contributed by atoms with Crippen molar-refractivity contribution in [3.63, 3.8) is 0 Å². The molecule has 0 radical (unpaired) electrons. The smallest absolute Gasteiger partial charge is 0.223 e. The third kappa shape index (κ3) is 3.97.